The van der Waals surface area contributed by atoms with Crippen molar-refractivity contribution in [1.82, 2.24) is 5.06 Å². The first-order chi connectivity index (χ1) is 9.61. The molecule has 0 N–H and O–H groups in total. The van der Waals surface area contributed by atoms with Crippen molar-refractivity contribution in [2.45, 2.75) is 84.5 Å². The van der Waals surface area contributed by atoms with Crippen LogP contribution in [-0.2, 0) is 14.4 Å². The summed E-state index contributed by atoms with van der Waals surface area (Å²) in [6.45, 7) is 3.94. The predicted octanol–water partition coefficient (Wildman–Crippen LogP) is 4.23. The first-order valence-electron chi connectivity index (χ1n) is 8.09. The Morgan fingerprint density at radius 3 is 1.85 bits per heavy atom. The molecule has 0 aliphatic heterocycles. The minimum Gasteiger partial charge on any atom is -0.338 e. The van der Waals surface area contributed by atoms with Crippen LogP contribution in [0.5, 0.6) is 0 Å². The van der Waals surface area contributed by atoms with E-state index in [1.807, 2.05) is 0 Å². The minimum absolute atomic E-state index is 0.116. The lowest BCUT2D eigenvalue weighted by Gasteiger charge is -2.15. The average Bonchev–Trinajstić information content (AvgIpc) is 2.45. The van der Waals surface area contributed by atoms with Gasteiger partial charge >= 0.3 is 5.97 Å². The number of amides is 1. The van der Waals surface area contributed by atoms with Gasteiger partial charge in [0.25, 0.3) is 5.91 Å². The number of unbranched alkanes of at least 4 members (excludes halogenated alkanes) is 8. The van der Waals surface area contributed by atoms with Crippen LogP contribution in [0, 0.1) is 0 Å². The number of rotatable bonds is 11. The number of hydrogen-bond acceptors (Lipinski definition) is 3. The molecule has 4 heteroatoms. The summed E-state index contributed by atoms with van der Waals surface area (Å²) >= 11 is 0. The molecule has 0 aromatic heterocycles. The van der Waals surface area contributed by atoms with E-state index in [1.165, 1.54) is 52.0 Å². The van der Waals surface area contributed by atoms with Gasteiger partial charge in [-0.1, -0.05) is 65.2 Å². The van der Waals surface area contributed by atoms with Gasteiger partial charge in [-0.05, 0) is 6.42 Å². The SMILES string of the molecule is CCCCCCCCCCCC(=O)N(C)OC(=O)CC. The summed E-state index contributed by atoms with van der Waals surface area (Å²) in [6, 6.07) is 0. The van der Waals surface area contributed by atoms with Crippen molar-refractivity contribution in [2.75, 3.05) is 7.05 Å². The molecular weight excluding hydrogens is 254 g/mol. The van der Waals surface area contributed by atoms with Gasteiger partial charge in [0.2, 0.25) is 0 Å². The minimum atomic E-state index is -0.368. The van der Waals surface area contributed by atoms with Crippen molar-refractivity contribution in [1.29, 1.82) is 0 Å². The van der Waals surface area contributed by atoms with Crippen LogP contribution in [0.3, 0.4) is 0 Å². The van der Waals surface area contributed by atoms with Gasteiger partial charge in [0.1, 0.15) is 0 Å². The zero-order valence-electron chi connectivity index (χ0n) is 13.5. The van der Waals surface area contributed by atoms with Crippen molar-refractivity contribution in [3.63, 3.8) is 0 Å². The van der Waals surface area contributed by atoms with Crippen molar-refractivity contribution in [2.24, 2.45) is 0 Å². The number of hydroxylamine groups is 2. The Morgan fingerprint density at radius 1 is 0.850 bits per heavy atom. The van der Waals surface area contributed by atoms with E-state index in [1.54, 1.807) is 6.92 Å². The topological polar surface area (TPSA) is 46.6 Å². The summed E-state index contributed by atoms with van der Waals surface area (Å²) in [4.78, 5) is 27.5. The quantitative estimate of drug-likeness (QED) is 0.421. The van der Waals surface area contributed by atoms with Gasteiger partial charge in [-0.15, -0.1) is 0 Å². The molecule has 0 radical (unpaired) electrons. The van der Waals surface area contributed by atoms with Crippen LogP contribution in [-0.4, -0.2) is 24.0 Å². The normalized spacial score (nSPS) is 10.3. The summed E-state index contributed by atoms with van der Waals surface area (Å²) in [6.07, 6.45) is 11.8. The van der Waals surface area contributed by atoms with Crippen LogP contribution in [0.25, 0.3) is 0 Å². The Hall–Kier alpha value is -1.06. The van der Waals surface area contributed by atoms with Gasteiger partial charge in [-0.25, -0.2) is 4.79 Å². The summed E-state index contributed by atoms with van der Waals surface area (Å²) in [5.41, 5.74) is 0. The zero-order chi connectivity index (χ0) is 15.2. The highest BCUT2D eigenvalue weighted by atomic mass is 16.7. The zero-order valence-corrected chi connectivity index (χ0v) is 13.5. The van der Waals surface area contributed by atoms with E-state index in [0.29, 0.717) is 6.42 Å². The molecule has 118 valence electrons. The van der Waals surface area contributed by atoms with Crippen molar-refractivity contribution in [3.05, 3.63) is 0 Å². The van der Waals surface area contributed by atoms with Crippen molar-refractivity contribution >= 4 is 11.9 Å². The fourth-order valence-electron chi connectivity index (χ4n) is 2.01. The van der Waals surface area contributed by atoms with Crippen LogP contribution in [0.4, 0.5) is 0 Å². The third kappa shape index (κ3) is 10.8. The Morgan fingerprint density at radius 2 is 1.35 bits per heavy atom. The van der Waals surface area contributed by atoms with E-state index in [4.69, 9.17) is 4.84 Å². The van der Waals surface area contributed by atoms with Gasteiger partial charge < -0.3 is 4.84 Å². The second-order valence-electron chi connectivity index (χ2n) is 5.29. The molecular formula is C16H31NO3. The second kappa shape index (κ2) is 12.9. The lowest BCUT2D eigenvalue weighted by atomic mass is 10.1. The maximum absolute atomic E-state index is 11.7. The highest BCUT2D eigenvalue weighted by Gasteiger charge is 2.12. The molecule has 0 bridgehead atoms. The largest absolute Gasteiger partial charge is 0.338 e. The molecule has 0 heterocycles. The first-order valence-corrected chi connectivity index (χ1v) is 8.09. The number of nitrogens with zero attached hydrogens (tertiary/aromatic N) is 1. The van der Waals surface area contributed by atoms with E-state index in [9.17, 15) is 9.59 Å². The monoisotopic (exact) mass is 285 g/mol. The third-order valence-corrected chi connectivity index (χ3v) is 3.37. The molecule has 4 nitrogen and oxygen atoms in total. The molecule has 0 aromatic carbocycles. The van der Waals surface area contributed by atoms with E-state index in [0.717, 1.165) is 17.9 Å². The van der Waals surface area contributed by atoms with Crippen molar-refractivity contribution < 1.29 is 14.4 Å². The Labute approximate surface area is 123 Å². The fraction of sp³-hybridized carbons (Fsp3) is 0.875. The lowest BCUT2D eigenvalue weighted by Crippen LogP contribution is -2.29. The molecule has 0 aliphatic rings. The predicted molar refractivity (Wildman–Crippen MR) is 81.0 cm³/mol. The molecule has 0 fully saturated rings. The Kier molecular flexibility index (Phi) is 12.3. The molecule has 0 unspecified atom stereocenters. The smallest absolute Gasteiger partial charge is 0.332 e. The first kappa shape index (κ1) is 18.9. The molecule has 0 aromatic rings. The maximum atomic E-state index is 11.7. The van der Waals surface area contributed by atoms with Crippen LogP contribution < -0.4 is 0 Å². The van der Waals surface area contributed by atoms with Gasteiger partial charge in [0.15, 0.2) is 0 Å². The molecule has 0 spiro atoms. The number of hydrogen-bond donors (Lipinski definition) is 0. The summed E-state index contributed by atoms with van der Waals surface area (Å²) in [7, 11) is 1.50. The van der Waals surface area contributed by atoms with Crippen molar-refractivity contribution in [3.8, 4) is 0 Å². The molecule has 0 atom stereocenters. The second-order valence-corrected chi connectivity index (χ2v) is 5.29. The Bertz CT molecular complexity index is 266. The lowest BCUT2D eigenvalue weighted by molar-refractivity contribution is -0.192. The summed E-state index contributed by atoms with van der Waals surface area (Å²) < 4.78 is 0. The maximum Gasteiger partial charge on any atom is 0.332 e. The van der Waals surface area contributed by atoms with Crippen LogP contribution in [0.1, 0.15) is 84.5 Å². The highest BCUT2D eigenvalue weighted by Crippen LogP contribution is 2.11. The summed E-state index contributed by atoms with van der Waals surface area (Å²) in [5.74, 6) is -0.484. The molecule has 20 heavy (non-hydrogen) atoms. The summed E-state index contributed by atoms with van der Waals surface area (Å²) in [5, 5.41) is 1.07. The van der Waals surface area contributed by atoms with Gasteiger partial charge in [0, 0.05) is 19.9 Å². The van der Waals surface area contributed by atoms with Gasteiger partial charge in [-0.2, -0.15) is 5.06 Å². The molecule has 0 saturated heterocycles. The molecule has 0 saturated carbocycles. The highest BCUT2D eigenvalue weighted by molar-refractivity contribution is 5.77. The molecule has 0 rings (SSSR count). The standard InChI is InChI=1S/C16H31NO3/c1-4-6-7-8-9-10-11-12-13-14-15(18)17(3)20-16(19)5-2/h4-14H2,1-3H3. The van der Waals surface area contributed by atoms with Crippen LogP contribution in [0.2, 0.25) is 0 Å². The van der Waals surface area contributed by atoms with Crippen LogP contribution >= 0.6 is 0 Å². The van der Waals surface area contributed by atoms with E-state index >= 15 is 0 Å². The van der Waals surface area contributed by atoms with Gasteiger partial charge in [0.05, 0.1) is 0 Å². The van der Waals surface area contributed by atoms with Gasteiger partial charge in [-0.3, -0.25) is 4.79 Å². The Balaban J connectivity index is 3.41. The third-order valence-electron chi connectivity index (χ3n) is 3.37. The van der Waals surface area contributed by atoms with E-state index in [-0.39, 0.29) is 18.3 Å². The number of carbonyl (C=O) groups is 2. The fourth-order valence-corrected chi connectivity index (χ4v) is 2.01. The number of carbonyl (C=O) groups excluding carboxylic acids is 2. The van der Waals surface area contributed by atoms with E-state index < -0.39 is 0 Å². The average molecular weight is 285 g/mol. The molecule has 0 aliphatic carbocycles. The van der Waals surface area contributed by atoms with E-state index in [2.05, 4.69) is 6.92 Å². The van der Waals surface area contributed by atoms with Crippen LogP contribution in [0.15, 0.2) is 0 Å². The molecule has 1 amide bonds.